The second-order valence-electron chi connectivity index (χ2n) is 12.9. The fourth-order valence-corrected chi connectivity index (χ4v) is 7.46. The first-order valence-corrected chi connectivity index (χ1v) is 15.4. The highest BCUT2D eigenvalue weighted by Gasteiger charge is 2.49. The first-order chi connectivity index (χ1) is 21.5. The van der Waals surface area contributed by atoms with E-state index in [1.54, 1.807) is 18.2 Å². The fourth-order valence-electron chi connectivity index (χ4n) is 7.46. The predicted octanol–water partition coefficient (Wildman–Crippen LogP) is 6.85. The normalized spacial score (nSPS) is 23.1. The van der Waals surface area contributed by atoms with Gasteiger partial charge in [0, 0.05) is 42.2 Å². The molecule has 2 aliphatic heterocycles. The Hall–Kier alpha value is -3.64. The van der Waals surface area contributed by atoms with Crippen LogP contribution >= 0.6 is 0 Å². The molecule has 0 radical (unpaired) electrons. The second kappa shape index (κ2) is 11.0. The molecule has 1 aliphatic carbocycles. The molecule has 7 nitrogen and oxygen atoms in total. The predicted molar refractivity (Wildman–Crippen MR) is 163 cm³/mol. The molecule has 3 aliphatic rings. The lowest BCUT2D eigenvalue weighted by molar-refractivity contribution is -0.136. The Morgan fingerprint density at radius 3 is 2.56 bits per heavy atom. The van der Waals surface area contributed by atoms with E-state index in [0.717, 1.165) is 44.7 Å². The van der Waals surface area contributed by atoms with Crippen molar-refractivity contribution in [3.8, 4) is 17.3 Å². The Morgan fingerprint density at radius 1 is 1.07 bits per heavy atom. The lowest BCUT2D eigenvalue weighted by Gasteiger charge is -2.47. The molecule has 0 bridgehead atoms. The van der Waals surface area contributed by atoms with Crippen molar-refractivity contribution in [2.75, 3.05) is 45.7 Å². The molecule has 4 heterocycles. The zero-order valence-electron chi connectivity index (χ0n) is 25.2. The van der Waals surface area contributed by atoms with Crippen LogP contribution in [0.2, 0.25) is 0 Å². The number of halogens is 5. The van der Waals surface area contributed by atoms with Crippen LogP contribution in [0.5, 0.6) is 6.01 Å². The maximum absolute atomic E-state index is 16.6. The molecule has 45 heavy (non-hydrogen) atoms. The second-order valence-corrected chi connectivity index (χ2v) is 12.9. The number of nitrogens with one attached hydrogen (secondary N) is 1. The van der Waals surface area contributed by atoms with Gasteiger partial charge in [0.05, 0.1) is 16.5 Å². The topological polar surface area (TPSA) is 66.4 Å². The van der Waals surface area contributed by atoms with Gasteiger partial charge in [-0.3, -0.25) is 9.88 Å². The molecule has 3 fully saturated rings. The molecule has 2 aromatic carbocycles. The van der Waals surface area contributed by atoms with Crippen LogP contribution in [-0.2, 0) is 6.18 Å². The van der Waals surface area contributed by atoms with Crippen molar-refractivity contribution in [3.63, 3.8) is 0 Å². The Bertz CT molecular complexity index is 1750. The van der Waals surface area contributed by atoms with Crippen LogP contribution in [0.1, 0.15) is 44.1 Å². The SMILES string of the molecule is CN(C)C1(CNc2nc(OC[C@@]34CCCN3C[C@H](F)C4)nc3c(F)c(-c4cccc5cccc(C(F)(F)F)c45)ncc23)CCC1. The van der Waals surface area contributed by atoms with Crippen LogP contribution in [0.25, 0.3) is 32.9 Å². The molecule has 7 rings (SSSR count). The van der Waals surface area contributed by atoms with Gasteiger partial charge in [0.2, 0.25) is 0 Å². The van der Waals surface area contributed by atoms with Crippen LogP contribution < -0.4 is 10.1 Å². The third-order valence-electron chi connectivity index (χ3n) is 10.2. The van der Waals surface area contributed by atoms with E-state index in [2.05, 4.69) is 30.1 Å². The highest BCUT2D eigenvalue weighted by Crippen LogP contribution is 2.43. The van der Waals surface area contributed by atoms with Crippen LogP contribution in [0.3, 0.4) is 0 Å². The number of benzene rings is 2. The molecule has 0 spiro atoms. The summed E-state index contributed by atoms with van der Waals surface area (Å²) in [6, 6.07) is 8.37. The first-order valence-electron chi connectivity index (χ1n) is 15.4. The van der Waals surface area contributed by atoms with E-state index in [-0.39, 0.29) is 40.3 Å². The molecule has 1 N–H and O–H groups in total. The number of anilines is 1. The first kappa shape index (κ1) is 30.0. The summed E-state index contributed by atoms with van der Waals surface area (Å²) in [7, 11) is 4.04. The van der Waals surface area contributed by atoms with Crippen LogP contribution in [0.4, 0.5) is 27.8 Å². The smallest absolute Gasteiger partial charge is 0.417 e. The molecule has 1 saturated carbocycles. The standard InChI is InChI=1S/C33H35F5N6O/c1-43(2)31(11-5-12-31)18-40-29-23-16-39-27(22-9-3-7-20-8-4-10-24(25(20)22)33(36,37)38)26(35)28(23)41-30(42-29)45-19-32-13-6-14-44(32)17-21(34)15-32/h3-4,7-10,16,21H,5-6,11-15,17-19H2,1-2H3,(H,40,41,42)/t21-,32+/m1/s1. The summed E-state index contributed by atoms with van der Waals surface area (Å²) in [6.45, 7) is 1.83. The molecule has 238 valence electrons. The summed E-state index contributed by atoms with van der Waals surface area (Å²) in [6.07, 6.45) is 0.939. The van der Waals surface area contributed by atoms with Gasteiger partial charge in [0.1, 0.15) is 29.8 Å². The molecule has 2 aromatic heterocycles. The Kier molecular flexibility index (Phi) is 7.35. The van der Waals surface area contributed by atoms with Crippen LogP contribution in [-0.4, -0.2) is 82.3 Å². The number of hydrogen-bond acceptors (Lipinski definition) is 7. The molecule has 2 atom stereocenters. The van der Waals surface area contributed by atoms with Gasteiger partial charge in [-0.05, 0) is 64.2 Å². The van der Waals surface area contributed by atoms with Crippen LogP contribution in [0, 0.1) is 5.82 Å². The molecular weight excluding hydrogens is 591 g/mol. The van der Waals surface area contributed by atoms with Gasteiger partial charge in [0.15, 0.2) is 5.82 Å². The van der Waals surface area contributed by atoms with Crippen molar-refractivity contribution < 1.29 is 26.7 Å². The van der Waals surface area contributed by atoms with E-state index < -0.39 is 29.3 Å². The molecular formula is C33H35F5N6O. The third-order valence-corrected chi connectivity index (χ3v) is 10.2. The number of fused-ring (bicyclic) bond motifs is 3. The van der Waals surface area contributed by atoms with Crippen LogP contribution in [0.15, 0.2) is 42.6 Å². The number of nitrogens with zero attached hydrogens (tertiary/aromatic N) is 5. The van der Waals surface area contributed by atoms with Crippen molar-refractivity contribution in [3.05, 3.63) is 54.0 Å². The number of ether oxygens (including phenoxy) is 1. The molecule has 0 unspecified atom stereocenters. The Labute approximate surface area is 257 Å². The van der Waals surface area contributed by atoms with Gasteiger partial charge in [0.25, 0.3) is 0 Å². The van der Waals surface area contributed by atoms with E-state index in [1.165, 1.54) is 18.3 Å². The average Bonchev–Trinajstić information content (AvgIpc) is 3.50. The van der Waals surface area contributed by atoms with Crippen molar-refractivity contribution >= 4 is 27.5 Å². The van der Waals surface area contributed by atoms with Gasteiger partial charge in [-0.1, -0.05) is 30.3 Å². The van der Waals surface area contributed by atoms with Crippen molar-refractivity contribution in [2.45, 2.75) is 62.0 Å². The van der Waals surface area contributed by atoms with Crippen molar-refractivity contribution in [1.29, 1.82) is 0 Å². The number of hydrogen-bond donors (Lipinski definition) is 1. The minimum Gasteiger partial charge on any atom is -0.461 e. The summed E-state index contributed by atoms with van der Waals surface area (Å²) in [4.78, 5) is 17.7. The zero-order valence-corrected chi connectivity index (χ0v) is 25.2. The molecule has 0 amide bonds. The largest absolute Gasteiger partial charge is 0.461 e. The maximum Gasteiger partial charge on any atom is 0.417 e. The third kappa shape index (κ3) is 5.15. The van der Waals surface area contributed by atoms with Gasteiger partial charge in [-0.2, -0.15) is 23.1 Å². The molecule has 2 saturated heterocycles. The van der Waals surface area contributed by atoms with E-state index in [4.69, 9.17) is 4.74 Å². The summed E-state index contributed by atoms with van der Waals surface area (Å²) in [5, 5.41) is 3.85. The monoisotopic (exact) mass is 626 g/mol. The minimum atomic E-state index is -4.65. The van der Waals surface area contributed by atoms with E-state index >= 15 is 4.39 Å². The van der Waals surface area contributed by atoms with Crippen molar-refractivity contribution in [1.82, 2.24) is 24.8 Å². The number of rotatable bonds is 8. The highest BCUT2D eigenvalue weighted by atomic mass is 19.4. The summed E-state index contributed by atoms with van der Waals surface area (Å²) in [5.41, 5.74) is -1.78. The Balaban J connectivity index is 1.33. The summed E-state index contributed by atoms with van der Waals surface area (Å²) < 4.78 is 79.4. The van der Waals surface area contributed by atoms with Gasteiger partial charge < -0.3 is 15.0 Å². The van der Waals surface area contributed by atoms with E-state index in [0.29, 0.717) is 36.1 Å². The lowest BCUT2D eigenvalue weighted by Crippen LogP contribution is -2.54. The number of alkyl halides is 4. The summed E-state index contributed by atoms with van der Waals surface area (Å²) >= 11 is 0. The zero-order chi connectivity index (χ0) is 31.6. The van der Waals surface area contributed by atoms with Gasteiger partial charge >= 0.3 is 12.2 Å². The highest BCUT2D eigenvalue weighted by molar-refractivity contribution is 6.01. The van der Waals surface area contributed by atoms with Gasteiger partial charge in [-0.15, -0.1) is 0 Å². The molecule has 12 heteroatoms. The quantitative estimate of drug-likeness (QED) is 0.215. The Morgan fingerprint density at radius 2 is 1.84 bits per heavy atom. The number of likely N-dealkylation sites (N-methyl/N-ethyl adjacent to an activating group) is 1. The van der Waals surface area contributed by atoms with Crippen molar-refractivity contribution in [2.24, 2.45) is 0 Å². The number of aromatic nitrogens is 3. The summed E-state index contributed by atoms with van der Waals surface area (Å²) in [5.74, 6) is -0.547. The maximum atomic E-state index is 16.6. The molecule has 4 aromatic rings. The number of pyridine rings is 1. The lowest BCUT2D eigenvalue weighted by atomic mass is 9.75. The minimum absolute atomic E-state index is 0.0110. The average molecular weight is 627 g/mol. The fraction of sp³-hybridized carbons (Fsp3) is 0.485. The van der Waals surface area contributed by atoms with E-state index in [9.17, 15) is 17.6 Å². The van der Waals surface area contributed by atoms with E-state index in [1.807, 2.05) is 14.1 Å². The van der Waals surface area contributed by atoms with Gasteiger partial charge in [-0.25, -0.2) is 8.78 Å².